The molecule has 0 spiro atoms. The van der Waals surface area contributed by atoms with Gasteiger partial charge in [0.1, 0.15) is 5.88 Å². The van der Waals surface area contributed by atoms with Crippen LogP contribution >= 0.6 is 11.6 Å². The van der Waals surface area contributed by atoms with Crippen molar-refractivity contribution < 1.29 is 9.59 Å². The molecule has 6 heteroatoms. The maximum absolute atomic E-state index is 11.6. The molecule has 1 aromatic rings. The van der Waals surface area contributed by atoms with Crippen LogP contribution in [0.15, 0.2) is 18.5 Å². The SMILES string of the molecule is CN(C(=O)CCNC(=O)CCl)c1cc[nH]c1. The molecular weight excluding hydrogens is 230 g/mol. The standard InChI is InChI=1S/C10H14ClN3O2/c1-14(8-2-4-12-7-8)10(16)3-5-13-9(15)6-11/h2,4,7,12H,3,5-6H2,1H3,(H,13,15). The van der Waals surface area contributed by atoms with E-state index in [4.69, 9.17) is 11.6 Å². The zero-order valence-corrected chi connectivity index (χ0v) is 9.75. The summed E-state index contributed by atoms with van der Waals surface area (Å²) in [6, 6.07) is 1.80. The molecule has 2 N–H and O–H groups in total. The first-order valence-corrected chi connectivity index (χ1v) is 5.40. The van der Waals surface area contributed by atoms with Crippen LogP contribution < -0.4 is 10.2 Å². The monoisotopic (exact) mass is 243 g/mol. The Bertz CT molecular complexity index is 351. The van der Waals surface area contributed by atoms with Crippen molar-refractivity contribution in [3.63, 3.8) is 0 Å². The van der Waals surface area contributed by atoms with Gasteiger partial charge in [-0.2, -0.15) is 0 Å². The van der Waals surface area contributed by atoms with E-state index in [1.807, 2.05) is 0 Å². The van der Waals surface area contributed by atoms with Gasteiger partial charge in [0.15, 0.2) is 0 Å². The first-order valence-electron chi connectivity index (χ1n) is 4.87. The predicted molar refractivity (Wildman–Crippen MR) is 62.5 cm³/mol. The molecule has 0 aliphatic carbocycles. The third kappa shape index (κ3) is 3.58. The van der Waals surface area contributed by atoms with Gasteiger partial charge in [-0.15, -0.1) is 11.6 Å². The maximum Gasteiger partial charge on any atom is 0.234 e. The molecule has 88 valence electrons. The summed E-state index contributed by atoms with van der Waals surface area (Å²) >= 11 is 5.30. The molecule has 16 heavy (non-hydrogen) atoms. The van der Waals surface area contributed by atoms with Gasteiger partial charge in [0.25, 0.3) is 0 Å². The Hall–Kier alpha value is -1.49. The first-order chi connectivity index (χ1) is 7.65. The summed E-state index contributed by atoms with van der Waals surface area (Å²) in [4.78, 5) is 26.9. The minimum absolute atomic E-state index is 0.0607. The molecule has 0 aromatic carbocycles. The highest BCUT2D eigenvalue weighted by Gasteiger charge is 2.10. The molecule has 1 aromatic heterocycles. The fourth-order valence-corrected chi connectivity index (χ4v) is 1.29. The van der Waals surface area contributed by atoms with Crippen LogP contribution in [0.25, 0.3) is 0 Å². The number of rotatable bonds is 5. The van der Waals surface area contributed by atoms with E-state index in [1.165, 1.54) is 4.90 Å². The maximum atomic E-state index is 11.6. The van der Waals surface area contributed by atoms with Crippen molar-refractivity contribution in [2.75, 3.05) is 24.4 Å². The Labute approximate surface area is 98.8 Å². The second-order valence-corrected chi connectivity index (χ2v) is 3.52. The topological polar surface area (TPSA) is 65.2 Å². The van der Waals surface area contributed by atoms with Crippen LogP contribution in [0.5, 0.6) is 0 Å². The van der Waals surface area contributed by atoms with Crippen LogP contribution in [0.3, 0.4) is 0 Å². The molecule has 2 amide bonds. The third-order valence-corrected chi connectivity index (χ3v) is 2.37. The summed E-state index contributed by atoms with van der Waals surface area (Å²) in [6.45, 7) is 0.305. The summed E-state index contributed by atoms with van der Waals surface area (Å²) in [5.74, 6) is -0.407. The molecule has 0 bridgehead atoms. The number of nitrogens with zero attached hydrogens (tertiary/aromatic N) is 1. The molecule has 0 unspecified atom stereocenters. The number of hydrogen-bond acceptors (Lipinski definition) is 2. The summed E-state index contributed by atoms with van der Waals surface area (Å²) in [5.41, 5.74) is 0.800. The Morgan fingerprint density at radius 3 is 2.88 bits per heavy atom. The average Bonchev–Trinajstić information content (AvgIpc) is 2.81. The van der Waals surface area contributed by atoms with Crippen molar-refractivity contribution in [1.29, 1.82) is 0 Å². The highest BCUT2D eigenvalue weighted by Crippen LogP contribution is 2.10. The summed E-state index contributed by atoms with van der Waals surface area (Å²) in [7, 11) is 1.69. The lowest BCUT2D eigenvalue weighted by Crippen LogP contribution is -2.32. The lowest BCUT2D eigenvalue weighted by atomic mass is 10.3. The van der Waals surface area contributed by atoms with Gasteiger partial charge in [0.2, 0.25) is 11.8 Å². The zero-order chi connectivity index (χ0) is 12.0. The Morgan fingerprint density at radius 1 is 1.56 bits per heavy atom. The highest BCUT2D eigenvalue weighted by atomic mass is 35.5. The fourth-order valence-electron chi connectivity index (χ4n) is 1.19. The number of amides is 2. The molecule has 0 saturated heterocycles. The average molecular weight is 244 g/mol. The molecule has 0 aliphatic rings. The van der Waals surface area contributed by atoms with Crippen LogP contribution in [0, 0.1) is 0 Å². The van der Waals surface area contributed by atoms with Gasteiger partial charge in [-0.3, -0.25) is 9.59 Å². The second-order valence-electron chi connectivity index (χ2n) is 3.26. The van der Waals surface area contributed by atoms with E-state index in [0.29, 0.717) is 6.54 Å². The molecule has 1 rings (SSSR count). The minimum atomic E-state index is -0.265. The number of hydrogen-bond donors (Lipinski definition) is 2. The molecule has 0 aliphatic heterocycles. The third-order valence-electron chi connectivity index (χ3n) is 2.13. The second kappa shape index (κ2) is 6.17. The van der Waals surface area contributed by atoms with Crippen molar-refractivity contribution in [1.82, 2.24) is 10.3 Å². The van der Waals surface area contributed by atoms with Gasteiger partial charge in [0.05, 0.1) is 5.69 Å². The molecule has 1 heterocycles. The van der Waals surface area contributed by atoms with Crippen LogP contribution in [-0.4, -0.2) is 36.3 Å². The molecule has 5 nitrogen and oxygen atoms in total. The van der Waals surface area contributed by atoms with Crippen LogP contribution in [-0.2, 0) is 9.59 Å². The normalized spacial score (nSPS) is 9.88. The van der Waals surface area contributed by atoms with Crippen LogP contribution in [0.1, 0.15) is 6.42 Å². The summed E-state index contributed by atoms with van der Waals surface area (Å²) in [6.07, 6.45) is 3.73. The van der Waals surface area contributed by atoms with E-state index in [0.717, 1.165) is 5.69 Å². The smallest absolute Gasteiger partial charge is 0.234 e. The number of nitrogens with one attached hydrogen (secondary N) is 2. The Morgan fingerprint density at radius 2 is 2.31 bits per heavy atom. The van der Waals surface area contributed by atoms with Gasteiger partial charge >= 0.3 is 0 Å². The van der Waals surface area contributed by atoms with E-state index in [9.17, 15) is 9.59 Å². The Kier molecular flexibility index (Phi) is 4.85. The lowest BCUT2D eigenvalue weighted by molar-refractivity contribution is -0.119. The van der Waals surface area contributed by atoms with Crippen molar-refractivity contribution in [3.05, 3.63) is 18.5 Å². The largest absolute Gasteiger partial charge is 0.366 e. The van der Waals surface area contributed by atoms with Crippen LogP contribution in [0.2, 0.25) is 0 Å². The molecule has 0 atom stereocenters. The number of H-pyrrole nitrogens is 1. The van der Waals surface area contributed by atoms with E-state index < -0.39 is 0 Å². The van der Waals surface area contributed by atoms with E-state index in [-0.39, 0.29) is 24.1 Å². The number of aromatic amines is 1. The highest BCUT2D eigenvalue weighted by molar-refractivity contribution is 6.27. The van der Waals surface area contributed by atoms with Gasteiger partial charge in [-0.25, -0.2) is 0 Å². The minimum Gasteiger partial charge on any atom is -0.366 e. The van der Waals surface area contributed by atoms with Crippen molar-refractivity contribution in [2.45, 2.75) is 6.42 Å². The van der Waals surface area contributed by atoms with Crippen molar-refractivity contribution in [3.8, 4) is 0 Å². The fraction of sp³-hybridized carbons (Fsp3) is 0.400. The molecule has 0 radical (unpaired) electrons. The number of aromatic nitrogens is 1. The lowest BCUT2D eigenvalue weighted by Gasteiger charge is -2.15. The van der Waals surface area contributed by atoms with E-state index in [2.05, 4.69) is 10.3 Å². The molecule has 0 saturated carbocycles. The predicted octanol–water partition coefficient (Wildman–Crippen LogP) is 0.723. The van der Waals surface area contributed by atoms with Crippen molar-refractivity contribution >= 4 is 29.1 Å². The number of alkyl halides is 1. The molecular formula is C10H14ClN3O2. The number of halogens is 1. The number of anilines is 1. The van der Waals surface area contributed by atoms with E-state index >= 15 is 0 Å². The Balaban J connectivity index is 2.33. The van der Waals surface area contributed by atoms with Gasteiger partial charge in [0, 0.05) is 32.4 Å². The zero-order valence-electron chi connectivity index (χ0n) is 9.00. The quantitative estimate of drug-likeness (QED) is 0.749. The van der Waals surface area contributed by atoms with Gasteiger partial charge < -0.3 is 15.2 Å². The van der Waals surface area contributed by atoms with Crippen molar-refractivity contribution in [2.24, 2.45) is 0 Å². The van der Waals surface area contributed by atoms with Crippen LogP contribution in [0.4, 0.5) is 5.69 Å². The summed E-state index contributed by atoms with van der Waals surface area (Å²) in [5, 5.41) is 2.54. The molecule has 0 fully saturated rings. The van der Waals surface area contributed by atoms with Gasteiger partial charge in [-0.05, 0) is 6.07 Å². The first kappa shape index (κ1) is 12.6. The number of carbonyl (C=O) groups excluding carboxylic acids is 2. The number of carbonyl (C=O) groups is 2. The van der Waals surface area contributed by atoms with E-state index in [1.54, 1.807) is 25.5 Å². The summed E-state index contributed by atoms with van der Waals surface area (Å²) < 4.78 is 0. The van der Waals surface area contributed by atoms with Gasteiger partial charge in [-0.1, -0.05) is 0 Å².